The monoisotopic (exact) mass is 593 g/mol. The highest BCUT2D eigenvalue weighted by Crippen LogP contribution is 2.38. The van der Waals surface area contributed by atoms with Gasteiger partial charge in [-0.3, -0.25) is 8.98 Å². The Morgan fingerprint density at radius 2 is 1.41 bits per heavy atom. The molecule has 0 bridgehead atoms. The van der Waals surface area contributed by atoms with E-state index in [0.29, 0.717) is 25.4 Å². The van der Waals surface area contributed by atoms with E-state index in [9.17, 15) is 13.2 Å². The molecule has 0 N–H and O–H groups in total. The normalized spacial score (nSPS) is 16.0. The molecule has 3 aromatic carbocycles. The standard InChI is InChI=1S/C33H43NO5SSi/c1-26-16-18-29(19-17-26)40(36,37)38-25-22-28-20-23-34(24-21-28)32(35)27(2)39-41(33(3,4)5,30-12-8-6-9-13-30)31-14-10-7-11-15-31/h6-19,27-28H,20-25H2,1-5H3/t27-/m1/s1. The molecule has 1 heterocycles. The lowest BCUT2D eigenvalue weighted by molar-refractivity contribution is -0.139. The van der Waals surface area contributed by atoms with Gasteiger partial charge in [0.2, 0.25) is 5.91 Å². The number of hydrogen-bond acceptors (Lipinski definition) is 5. The maximum atomic E-state index is 13.7. The first-order chi connectivity index (χ1) is 19.4. The number of amides is 1. The van der Waals surface area contributed by atoms with E-state index in [1.807, 2.05) is 55.1 Å². The van der Waals surface area contributed by atoms with Crippen LogP contribution in [-0.2, 0) is 23.5 Å². The second-order valence-corrected chi connectivity index (χ2v) is 17.9. The maximum Gasteiger partial charge on any atom is 0.296 e. The van der Waals surface area contributed by atoms with Gasteiger partial charge in [-0.25, -0.2) is 0 Å². The second-order valence-electron chi connectivity index (χ2n) is 12.1. The number of hydrogen-bond donors (Lipinski definition) is 0. The SMILES string of the molecule is Cc1ccc(S(=O)(=O)OCCC2CCN(C(=O)[C@@H](C)O[Si](c3ccccc3)(c3ccccc3)C(C)(C)C)CC2)cc1. The van der Waals surface area contributed by atoms with Crippen molar-refractivity contribution in [3.63, 3.8) is 0 Å². The summed E-state index contributed by atoms with van der Waals surface area (Å²) in [7, 11) is -6.61. The van der Waals surface area contributed by atoms with Gasteiger partial charge in [0.05, 0.1) is 11.5 Å². The molecule has 1 aliphatic heterocycles. The zero-order valence-electron chi connectivity index (χ0n) is 24.9. The summed E-state index contributed by atoms with van der Waals surface area (Å²) in [6, 6.07) is 27.4. The molecule has 6 nitrogen and oxygen atoms in total. The third-order valence-corrected chi connectivity index (χ3v) is 14.6. The van der Waals surface area contributed by atoms with Crippen LogP contribution in [0.3, 0.4) is 0 Å². The van der Waals surface area contributed by atoms with Gasteiger partial charge in [0.25, 0.3) is 18.4 Å². The quantitative estimate of drug-likeness (QED) is 0.236. The van der Waals surface area contributed by atoms with E-state index in [0.717, 1.165) is 28.8 Å². The van der Waals surface area contributed by atoms with Crippen molar-refractivity contribution < 1.29 is 21.8 Å². The number of carbonyl (C=O) groups is 1. The van der Waals surface area contributed by atoms with Gasteiger partial charge < -0.3 is 9.33 Å². The van der Waals surface area contributed by atoms with Crippen molar-refractivity contribution in [3.05, 3.63) is 90.5 Å². The number of aryl methyl sites for hydroxylation is 1. The highest BCUT2D eigenvalue weighted by atomic mass is 32.2. The number of benzene rings is 3. The molecule has 1 saturated heterocycles. The zero-order valence-corrected chi connectivity index (χ0v) is 26.7. The molecule has 0 saturated carbocycles. The maximum absolute atomic E-state index is 13.7. The Morgan fingerprint density at radius 1 is 0.902 bits per heavy atom. The predicted molar refractivity (Wildman–Crippen MR) is 166 cm³/mol. The van der Waals surface area contributed by atoms with Crippen LogP contribution in [0.4, 0.5) is 0 Å². The highest BCUT2D eigenvalue weighted by molar-refractivity contribution is 7.86. The van der Waals surface area contributed by atoms with Crippen molar-refractivity contribution >= 4 is 34.7 Å². The van der Waals surface area contributed by atoms with E-state index in [2.05, 4.69) is 45.0 Å². The van der Waals surface area contributed by atoms with Crippen molar-refractivity contribution in [1.82, 2.24) is 4.90 Å². The van der Waals surface area contributed by atoms with Crippen LogP contribution in [0.2, 0.25) is 5.04 Å². The average Bonchev–Trinajstić information content (AvgIpc) is 2.96. The Hall–Kier alpha value is -2.78. The summed E-state index contributed by atoms with van der Waals surface area (Å²) < 4.78 is 37.4. The van der Waals surface area contributed by atoms with Crippen LogP contribution in [0.1, 0.15) is 52.5 Å². The number of likely N-dealkylation sites (tertiary alicyclic amines) is 1. The van der Waals surface area contributed by atoms with Crippen LogP contribution in [-0.4, -0.2) is 53.3 Å². The van der Waals surface area contributed by atoms with Gasteiger partial charge in [-0.1, -0.05) is 99.1 Å². The van der Waals surface area contributed by atoms with E-state index >= 15 is 0 Å². The first-order valence-electron chi connectivity index (χ1n) is 14.5. The fourth-order valence-electron chi connectivity index (χ4n) is 5.80. The summed E-state index contributed by atoms with van der Waals surface area (Å²) in [6.45, 7) is 11.8. The number of piperidine rings is 1. The molecule has 41 heavy (non-hydrogen) atoms. The lowest BCUT2D eigenvalue weighted by Crippen LogP contribution is -2.68. The first kappa shape index (κ1) is 31.2. The van der Waals surface area contributed by atoms with Crippen molar-refractivity contribution in [1.29, 1.82) is 0 Å². The molecule has 0 aliphatic carbocycles. The Morgan fingerprint density at radius 3 is 1.90 bits per heavy atom. The predicted octanol–water partition coefficient (Wildman–Crippen LogP) is 5.29. The van der Waals surface area contributed by atoms with Crippen LogP contribution >= 0.6 is 0 Å². The second kappa shape index (κ2) is 13.0. The summed E-state index contributed by atoms with van der Waals surface area (Å²) in [5.74, 6) is 0.315. The largest absolute Gasteiger partial charge is 0.396 e. The summed E-state index contributed by atoms with van der Waals surface area (Å²) in [4.78, 5) is 15.8. The van der Waals surface area contributed by atoms with Crippen molar-refractivity contribution in [2.75, 3.05) is 19.7 Å². The summed E-state index contributed by atoms with van der Waals surface area (Å²) in [5.41, 5.74) is 0.997. The minimum Gasteiger partial charge on any atom is -0.396 e. The number of rotatable bonds is 10. The van der Waals surface area contributed by atoms with Gasteiger partial charge in [-0.15, -0.1) is 0 Å². The average molecular weight is 594 g/mol. The molecule has 1 amide bonds. The van der Waals surface area contributed by atoms with Gasteiger partial charge in [-0.2, -0.15) is 8.42 Å². The van der Waals surface area contributed by atoms with Gasteiger partial charge >= 0.3 is 0 Å². The van der Waals surface area contributed by atoms with E-state index in [1.54, 1.807) is 24.3 Å². The van der Waals surface area contributed by atoms with Crippen LogP contribution in [0.5, 0.6) is 0 Å². The molecule has 0 aromatic heterocycles. The van der Waals surface area contributed by atoms with Crippen LogP contribution < -0.4 is 10.4 Å². The smallest absolute Gasteiger partial charge is 0.296 e. The van der Waals surface area contributed by atoms with Crippen molar-refractivity contribution in [3.8, 4) is 0 Å². The highest BCUT2D eigenvalue weighted by Gasteiger charge is 2.52. The number of carbonyl (C=O) groups excluding carboxylic acids is 1. The van der Waals surface area contributed by atoms with Crippen LogP contribution in [0.15, 0.2) is 89.8 Å². The lowest BCUT2D eigenvalue weighted by Gasteiger charge is -2.45. The molecule has 8 heteroatoms. The number of nitrogens with zero attached hydrogens (tertiary/aromatic N) is 1. The van der Waals surface area contributed by atoms with Crippen LogP contribution in [0.25, 0.3) is 0 Å². The fourth-order valence-corrected chi connectivity index (χ4v) is 11.4. The molecule has 3 aromatic rings. The van der Waals surface area contributed by atoms with Gasteiger partial charge in [0.1, 0.15) is 6.10 Å². The third-order valence-electron chi connectivity index (χ3n) is 8.12. The molecular weight excluding hydrogens is 551 g/mol. The molecular formula is C33H43NO5SSi. The molecule has 4 rings (SSSR count). The van der Waals surface area contributed by atoms with Crippen LogP contribution in [0, 0.1) is 12.8 Å². The van der Waals surface area contributed by atoms with E-state index in [4.69, 9.17) is 8.61 Å². The van der Waals surface area contributed by atoms with Crippen molar-refractivity contribution in [2.24, 2.45) is 5.92 Å². The molecule has 0 radical (unpaired) electrons. The minimum absolute atomic E-state index is 0.00892. The van der Waals surface area contributed by atoms with E-state index < -0.39 is 24.5 Å². The van der Waals surface area contributed by atoms with Gasteiger partial charge in [0, 0.05) is 13.1 Å². The molecule has 1 fully saturated rings. The molecule has 0 spiro atoms. The topological polar surface area (TPSA) is 72.9 Å². The Labute approximate surface area is 247 Å². The summed E-state index contributed by atoms with van der Waals surface area (Å²) in [6.07, 6.45) is 1.67. The first-order valence-corrected chi connectivity index (χ1v) is 17.8. The Kier molecular flexibility index (Phi) is 9.90. The Bertz CT molecular complexity index is 1340. The minimum atomic E-state index is -3.77. The van der Waals surface area contributed by atoms with Gasteiger partial charge in [-0.05, 0) is 66.6 Å². The molecule has 1 atom stereocenters. The molecule has 0 unspecified atom stereocenters. The summed E-state index contributed by atoms with van der Waals surface area (Å²) in [5, 5.41) is 2.09. The summed E-state index contributed by atoms with van der Waals surface area (Å²) >= 11 is 0. The zero-order chi connectivity index (χ0) is 29.7. The van der Waals surface area contributed by atoms with Crippen molar-refractivity contribution in [2.45, 2.75) is 69.9 Å². The lowest BCUT2D eigenvalue weighted by atomic mass is 9.94. The fraction of sp³-hybridized carbons (Fsp3) is 0.424. The molecule has 220 valence electrons. The van der Waals surface area contributed by atoms with E-state index in [-0.39, 0.29) is 22.4 Å². The Balaban J connectivity index is 1.39. The van der Waals surface area contributed by atoms with E-state index in [1.165, 1.54) is 0 Å². The molecule has 1 aliphatic rings. The van der Waals surface area contributed by atoms with Gasteiger partial charge in [0.15, 0.2) is 0 Å². The third kappa shape index (κ3) is 7.17.